The van der Waals surface area contributed by atoms with Gasteiger partial charge in [-0.05, 0) is 53.3 Å². The quantitative estimate of drug-likeness (QED) is 0.652. The zero-order valence-electron chi connectivity index (χ0n) is 10.7. The van der Waals surface area contributed by atoms with Crippen LogP contribution in [0.5, 0.6) is 0 Å². The molecule has 20 heavy (non-hydrogen) atoms. The molecule has 0 aliphatic carbocycles. The van der Waals surface area contributed by atoms with Gasteiger partial charge in [0, 0.05) is 3.57 Å². The average Bonchev–Trinajstić information content (AvgIpc) is 2.83. The van der Waals surface area contributed by atoms with Gasteiger partial charge in [0.25, 0.3) is 5.91 Å². The van der Waals surface area contributed by atoms with E-state index in [1.54, 1.807) is 0 Å². The van der Waals surface area contributed by atoms with Gasteiger partial charge in [-0.2, -0.15) is 0 Å². The van der Waals surface area contributed by atoms with E-state index in [1.807, 2.05) is 49.4 Å². The maximum Gasteiger partial charge on any atom is 0.258 e. The Morgan fingerprint density at radius 1 is 1.20 bits per heavy atom. The second kappa shape index (κ2) is 5.49. The molecule has 1 N–H and O–H groups in total. The lowest BCUT2D eigenvalue weighted by Gasteiger charge is -2.06. The van der Waals surface area contributed by atoms with Crippen molar-refractivity contribution in [2.24, 2.45) is 0 Å². The van der Waals surface area contributed by atoms with Crippen molar-refractivity contribution in [1.82, 2.24) is 4.98 Å². The fourth-order valence-corrected chi connectivity index (χ4v) is 3.38. The third kappa shape index (κ3) is 2.55. The first-order chi connectivity index (χ1) is 9.65. The number of anilines is 1. The number of benzene rings is 2. The van der Waals surface area contributed by atoms with Gasteiger partial charge in [-0.1, -0.05) is 35.6 Å². The molecule has 0 bridgehead atoms. The number of carbonyl (C=O) groups excluding carboxylic acids is 1. The van der Waals surface area contributed by atoms with Crippen LogP contribution in [0, 0.1) is 10.5 Å². The Labute approximate surface area is 134 Å². The van der Waals surface area contributed by atoms with E-state index < -0.39 is 0 Å². The van der Waals surface area contributed by atoms with Gasteiger partial charge in [0.2, 0.25) is 0 Å². The molecule has 0 aliphatic rings. The minimum absolute atomic E-state index is 0.114. The van der Waals surface area contributed by atoms with Crippen molar-refractivity contribution < 1.29 is 4.79 Å². The Balaban J connectivity index is 1.90. The van der Waals surface area contributed by atoms with Crippen LogP contribution < -0.4 is 5.32 Å². The van der Waals surface area contributed by atoms with Gasteiger partial charge in [-0.3, -0.25) is 10.1 Å². The van der Waals surface area contributed by atoms with Crippen LogP contribution in [0.15, 0.2) is 42.5 Å². The molecule has 0 unspecified atom stereocenters. The largest absolute Gasteiger partial charge is 0.298 e. The third-order valence-electron chi connectivity index (χ3n) is 2.95. The van der Waals surface area contributed by atoms with Crippen molar-refractivity contribution >= 4 is 55.2 Å². The summed E-state index contributed by atoms with van der Waals surface area (Å²) in [7, 11) is 0. The zero-order valence-corrected chi connectivity index (χ0v) is 13.7. The van der Waals surface area contributed by atoms with Crippen molar-refractivity contribution in [3.05, 3.63) is 57.2 Å². The molecule has 0 spiro atoms. The first-order valence-electron chi connectivity index (χ1n) is 6.07. The highest BCUT2D eigenvalue weighted by atomic mass is 127. The molecular weight excluding hydrogens is 383 g/mol. The minimum Gasteiger partial charge on any atom is -0.298 e. The SMILES string of the molecule is Cc1cccc(C(=O)Nc2nc3ccccc3s2)c1I. The molecule has 2 aromatic carbocycles. The Morgan fingerprint density at radius 2 is 2.00 bits per heavy atom. The fourth-order valence-electron chi connectivity index (χ4n) is 1.91. The Bertz CT molecular complexity index is 764. The van der Waals surface area contributed by atoms with E-state index in [0.29, 0.717) is 10.7 Å². The summed E-state index contributed by atoms with van der Waals surface area (Å²) < 4.78 is 2.05. The van der Waals surface area contributed by atoms with E-state index in [0.717, 1.165) is 19.4 Å². The highest BCUT2D eigenvalue weighted by molar-refractivity contribution is 14.1. The Hall–Kier alpha value is -1.47. The van der Waals surface area contributed by atoms with Crippen LogP contribution in [0.3, 0.4) is 0 Å². The molecule has 0 aliphatic heterocycles. The van der Waals surface area contributed by atoms with Gasteiger partial charge < -0.3 is 0 Å². The number of amides is 1. The molecule has 0 radical (unpaired) electrons. The molecule has 5 heteroatoms. The van der Waals surface area contributed by atoms with E-state index in [-0.39, 0.29) is 5.91 Å². The van der Waals surface area contributed by atoms with Gasteiger partial charge in [-0.15, -0.1) is 0 Å². The smallest absolute Gasteiger partial charge is 0.258 e. The van der Waals surface area contributed by atoms with Gasteiger partial charge in [0.1, 0.15) is 0 Å². The molecule has 1 amide bonds. The van der Waals surface area contributed by atoms with E-state index >= 15 is 0 Å². The van der Waals surface area contributed by atoms with Gasteiger partial charge in [0.15, 0.2) is 5.13 Å². The highest BCUT2D eigenvalue weighted by Crippen LogP contribution is 2.26. The normalized spacial score (nSPS) is 10.7. The molecule has 100 valence electrons. The number of halogens is 1. The number of nitrogens with zero attached hydrogens (tertiary/aromatic N) is 1. The lowest BCUT2D eigenvalue weighted by Crippen LogP contribution is -2.13. The number of para-hydroxylation sites is 1. The van der Waals surface area contributed by atoms with Gasteiger partial charge >= 0.3 is 0 Å². The van der Waals surface area contributed by atoms with E-state index in [1.165, 1.54) is 11.3 Å². The molecular formula is C15H11IN2OS. The van der Waals surface area contributed by atoms with Crippen LogP contribution in [-0.4, -0.2) is 10.9 Å². The molecule has 1 heterocycles. The first kappa shape index (κ1) is 13.5. The molecule has 3 nitrogen and oxygen atoms in total. The fraction of sp³-hybridized carbons (Fsp3) is 0.0667. The van der Waals surface area contributed by atoms with E-state index in [2.05, 4.69) is 32.9 Å². The van der Waals surface area contributed by atoms with Gasteiger partial charge in [-0.25, -0.2) is 4.98 Å². The molecule has 0 atom stereocenters. The topological polar surface area (TPSA) is 42.0 Å². The molecule has 0 saturated heterocycles. The number of nitrogens with one attached hydrogen (secondary N) is 1. The zero-order chi connectivity index (χ0) is 14.1. The molecule has 0 saturated carbocycles. The average molecular weight is 394 g/mol. The molecule has 3 rings (SSSR count). The van der Waals surface area contributed by atoms with Crippen molar-refractivity contribution in [2.45, 2.75) is 6.92 Å². The number of hydrogen-bond donors (Lipinski definition) is 1. The summed E-state index contributed by atoms with van der Waals surface area (Å²) in [5.41, 5.74) is 2.69. The first-order valence-corrected chi connectivity index (χ1v) is 7.97. The number of rotatable bonds is 2. The summed E-state index contributed by atoms with van der Waals surface area (Å²) in [6, 6.07) is 13.6. The maximum atomic E-state index is 12.3. The molecule has 0 fully saturated rings. The van der Waals surface area contributed by atoms with Crippen molar-refractivity contribution in [3.63, 3.8) is 0 Å². The van der Waals surface area contributed by atoms with Crippen LogP contribution >= 0.6 is 33.9 Å². The monoisotopic (exact) mass is 394 g/mol. The summed E-state index contributed by atoms with van der Waals surface area (Å²) in [6.07, 6.45) is 0. The number of hydrogen-bond acceptors (Lipinski definition) is 3. The number of carbonyl (C=O) groups is 1. The number of aromatic nitrogens is 1. The summed E-state index contributed by atoms with van der Waals surface area (Å²) >= 11 is 3.68. The molecule has 3 aromatic rings. The van der Waals surface area contributed by atoms with E-state index in [9.17, 15) is 4.79 Å². The summed E-state index contributed by atoms with van der Waals surface area (Å²) in [6.45, 7) is 2.00. The maximum absolute atomic E-state index is 12.3. The summed E-state index contributed by atoms with van der Waals surface area (Å²) in [5, 5.41) is 3.51. The lowest BCUT2D eigenvalue weighted by atomic mass is 10.1. The Kier molecular flexibility index (Phi) is 3.71. The molecule has 1 aromatic heterocycles. The number of thiazole rings is 1. The lowest BCUT2D eigenvalue weighted by molar-refractivity contribution is 0.102. The number of aryl methyl sites for hydroxylation is 1. The van der Waals surface area contributed by atoms with Crippen LogP contribution in [-0.2, 0) is 0 Å². The van der Waals surface area contributed by atoms with Gasteiger partial charge in [0.05, 0.1) is 15.8 Å². The van der Waals surface area contributed by atoms with Crippen molar-refractivity contribution in [2.75, 3.05) is 5.32 Å². The van der Waals surface area contributed by atoms with E-state index in [4.69, 9.17) is 0 Å². The Morgan fingerprint density at radius 3 is 2.80 bits per heavy atom. The highest BCUT2D eigenvalue weighted by Gasteiger charge is 2.13. The summed E-state index contributed by atoms with van der Waals surface area (Å²) in [4.78, 5) is 16.7. The van der Waals surface area contributed by atoms with Crippen LogP contribution in [0.4, 0.5) is 5.13 Å². The second-order valence-corrected chi connectivity index (χ2v) is 6.49. The van der Waals surface area contributed by atoms with Crippen LogP contribution in [0.1, 0.15) is 15.9 Å². The third-order valence-corrected chi connectivity index (χ3v) is 5.33. The van der Waals surface area contributed by atoms with Crippen molar-refractivity contribution in [1.29, 1.82) is 0 Å². The number of fused-ring (bicyclic) bond motifs is 1. The second-order valence-electron chi connectivity index (χ2n) is 4.38. The summed E-state index contributed by atoms with van der Waals surface area (Å²) in [5.74, 6) is -0.114. The predicted molar refractivity (Wildman–Crippen MR) is 91.5 cm³/mol. The minimum atomic E-state index is -0.114. The standard InChI is InChI=1S/C15H11IN2OS/c1-9-5-4-6-10(13(9)16)14(19)18-15-17-11-7-2-3-8-12(11)20-15/h2-8H,1H3,(H,17,18,19). The van der Waals surface area contributed by atoms with Crippen LogP contribution in [0.25, 0.3) is 10.2 Å². The van der Waals surface area contributed by atoms with Crippen molar-refractivity contribution in [3.8, 4) is 0 Å². The van der Waals surface area contributed by atoms with Crippen LogP contribution in [0.2, 0.25) is 0 Å². The predicted octanol–water partition coefficient (Wildman–Crippen LogP) is 4.46.